The number of hydrogen-bond donors (Lipinski definition) is 1. The lowest BCUT2D eigenvalue weighted by molar-refractivity contribution is -0.140. The lowest BCUT2D eigenvalue weighted by atomic mass is 9.91. The number of ether oxygens (including phenoxy) is 3. The largest absolute Gasteiger partial charge is 0.497 e. The van der Waals surface area contributed by atoms with Crippen LogP contribution in [-0.2, 0) is 20.9 Å². The van der Waals surface area contributed by atoms with Gasteiger partial charge in [0.25, 0.3) is 0 Å². The third-order valence-corrected chi connectivity index (χ3v) is 6.15. The van der Waals surface area contributed by atoms with E-state index in [2.05, 4.69) is 5.32 Å². The van der Waals surface area contributed by atoms with E-state index < -0.39 is 0 Å². The summed E-state index contributed by atoms with van der Waals surface area (Å²) in [6, 6.07) is 5.57. The first kappa shape index (κ1) is 22.4. The molecule has 166 valence electrons. The molecule has 1 atom stereocenters. The van der Waals surface area contributed by atoms with E-state index in [1.165, 1.54) is 0 Å². The number of carbonyl (C=O) groups is 2. The maximum Gasteiger partial charge on any atom is 0.225 e. The third-order valence-electron chi connectivity index (χ3n) is 6.15. The molecule has 1 aromatic rings. The van der Waals surface area contributed by atoms with Gasteiger partial charge in [-0.15, -0.1) is 0 Å². The number of hydrogen-bond acceptors (Lipinski definition) is 5. The van der Waals surface area contributed by atoms with Crippen LogP contribution in [0.25, 0.3) is 0 Å². The van der Waals surface area contributed by atoms with Crippen LogP contribution in [0, 0.1) is 11.8 Å². The average molecular weight is 419 g/mol. The van der Waals surface area contributed by atoms with E-state index >= 15 is 0 Å². The molecular weight excluding hydrogens is 384 g/mol. The number of nitrogens with one attached hydrogen (secondary N) is 1. The van der Waals surface area contributed by atoms with Crippen LogP contribution in [0.15, 0.2) is 18.2 Å². The molecule has 1 aromatic carbocycles. The Morgan fingerprint density at radius 1 is 1.17 bits per heavy atom. The maximum atomic E-state index is 12.8. The van der Waals surface area contributed by atoms with Crippen molar-refractivity contribution in [1.29, 1.82) is 0 Å². The topological polar surface area (TPSA) is 77.1 Å². The molecule has 2 fully saturated rings. The molecule has 0 saturated carbocycles. The molecule has 7 nitrogen and oxygen atoms in total. The predicted octanol–water partition coefficient (Wildman–Crippen LogP) is 2.77. The number of rotatable bonds is 8. The number of likely N-dealkylation sites (tertiary alicyclic amines) is 1. The van der Waals surface area contributed by atoms with Crippen molar-refractivity contribution in [2.24, 2.45) is 11.8 Å². The van der Waals surface area contributed by atoms with E-state index in [9.17, 15) is 9.59 Å². The zero-order valence-electron chi connectivity index (χ0n) is 18.2. The Kier molecular flexibility index (Phi) is 8.37. The molecule has 0 unspecified atom stereocenters. The molecule has 0 aromatic heterocycles. The zero-order chi connectivity index (χ0) is 21.3. The second kappa shape index (κ2) is 11.2. The Morgan fingerprint density at radius 2 is 1.97 bits per heavy atom. The fourth-order valence-corrected chi connectivity index (χ4v) is 4.32. The van der Waals surface area contributed by atoms with E-state index in [1.54, 1.807) is 14.2 Å². The van der Waals surface area contributed by atoms with Crippen LogP contribution in [0.5, 0.6) is 11.5 Å². The van der Waals surface area contributed by atoms with Gasteiger partial charge >= 0.3 is 0 Å². The number of methoxy groups -OCH3 is 2. The summed E-state index contributed by atoms with van der Waals surface area (Å²) in [5.74, 6) is 2.23. The minimum Gasteiger partial charge on any atom is -0.497 e. The molecule has 1 N–H and O–H groups in total. The Hall–Kier alpha value is -2.28. The molecule has 0 radical (unpaired) electrons. The molecule has 0 spiro atoms. The Balaban J connectivity index is 1.42. The van der Waals surface area contributed by atoms with Gasteiger partial charge in [0, 0.05) is 56.8 Å². The highest BCUT2D eigenvalue weighted by Crippen LogP contribution is 2.26. The monoisotopic (exact) mass is 418 g/mol. The highest BCUT2D eigenvalue weighted by Gasteiger charge is 2.30. The van der Waals surface area contributed by atoms with E-state index in [0.29, 0.717) is 37.8 Å². The highest BCUT2D eigenvalue weighted by molar-refractivity contribution is 5.79. The van der Waals surface area contributed by atoms with Crippen LogP contribution >= 0.6 is 0 Å². The smallest absolute Gasteiger partial charge is 0.225 e. The first-order chi connectivity index (χ1) is 14.6. The quantitative estimate of drug-likeness (QED) is 0.703. The van der Waals surface area contributed by atoms with Crippen molar-refractivity contribution in [3.05, 3.63) is 23.8 Å². The third kappa shape index (κ3) is 6.11. The molecule has 2 heterocycles. The van der Waals surface area contributed by atoms with E-state index in [4.69, 9.17) is 14.2 Å². The minimum atomic E-state index is 0.0285. The van der Waals surface area contributed by atoms with Gasteiger partial charge in [0.05, 0.1) is 14.2 Å². The number of amides is 2. The molecule has 3 rings (SSSR count). The summed E-state index contributed by atoms with van der Waals surface area (Å²) in [5, 5.41) is 2.98. The molecule has 0 bridgehead atoms. The number of carbonyl (C=O) groups excluding carboxylic acids is 2. The van der Waals surface area contributed by atoms with Crippen LogP contribution in [0.4, 0.5) is 0 Å². The number of piperidine rings is 1. The Labute approximate surface area is 179 Å². The molecule has 2 saturated heterocycles. The SMILES string of the molecule is COc1ccc(CNC(=O)CC[C@@H]2CCCN(C(=O)C3CCOCC3)C2)c(OC)c1. The maximum absolute atomic E-state index is 12.8. The summed E-state index contributed by atoms with van der Waals surface area (Å²) in [7, 11) is 3.22. The molecular formula is C23H34N2O5. The van der Waals surface area contributed by atoms with Gasteiger partial charge in [-0.3, -0.25) is 9.59 Å². The lowest BCUT2D eigenvalue weighted by Crippen LogP contribution is -2.44. The summed E-state index contributed by atoms with van der Waals surface area (Å²) in [5.41, 5.74) is 0.914. The van der Waals surface area contributed by atoms with Gasteiger partial charge < -0.3 is 24.4 Å². The first-order valence-corrected chi connectivity index (χ1v) is 10.9. The zero-order valence-corrected chi connectivity index (χ0v) is 18.2. The number of benzene rings is 1. The van der Waals surface area contributed by atoms with Crippen LogP contribution in [0.1, 0.15) is 44.1 Å². The standard InChI is InChI=1S/C23H34N2O5/c1-28-20-7-6-19(21(14-20)29-2)15-24-22(26)8-5-17-4-3-11-25(16-17)23(27)18-9-12-30-13-10-18/h6-7,14,17-18H,3-5,8-13,15-16H2,1-2H3,(H,24,26)/t17-/m0/s1. The highest BCUT2D eigenvalue weighted by atomic mass is 16.5. The van der Waals surface area contributed by atoms with E-state index in [1.807, 2.05) is 23.1 Å². The summed E-state index contributed by atoms with van der Waals surface area (Å²) < 4.78 is 16.0. The normalized spacial score (nSPS) is 19.9. The van der Waals surface area contributed by atoms with Crippen molar-refractivity contribution in [2.75, 3.05) is 40.5 Å². The van der Waals surface area contributed by atoms with Crippen LogP contribution in [0.3, 0.4) is 0 Å². The fraction of sp³-hybridized carbons (Fsp3) is 0.652. The van der Waals surface area contributed by atoms with Crippen LogP contribution in [-0.4, -0.2) is 57.2 Å². The summed E-state index contributed by atoms with van der Waals surface area (Å²) in [6.07, 6.45) is 5.04. The van der Waals surface area contributed by atoms with Gasteiger partial charge in [-0.25, -0.2) is 0 Å². The van der Waals surface area contributed by atoms with Gasteiger partial charge in [0.15, 0.2) is 0 Å². The van der Waals surface area contributed by atoms with E-state index in [0.717, 1.165) is 56.5 Å². The van der Waals surface area contributed by atoms with Crippen LogP contribution in [0.2, 0.25) is 0 Å². The fourth-order valence-electron chi connectivity index (χ4n) is 4.32. The average Bonchev–Trinajstić information content (AvgIpc) is 2.81. The van der Waals surface area contributed by atoms with Gasteiger partial charge in [0.1, 0.15) is 11.5 Å². The molecule has 30 heavy (non-hydrogen) atoms. The second-order valence-electron chi connectivity index (χ2n) is 8.17. The van der Waals surface area contributed by atoms with Crippen molar-refractivity contribution < 1.29 is 23.8 Å². The molecule has 2 aliphatic heterocycles. The molecule has 2 aliphatic rings. The summed E-state index contributed by atoms with van der Waals surface area (Å²) >= 11 is 0. The Morgan fingerprint density at radius 3 is 2.70 bits per heavy atom. The summed E-state index contributed by atoms with van der Waals surface area (Å²) in [4.78, 5) is 27.2. The second-order valence-corrected chi connectivity index (χ2v) is 8.17. The van der Waals surface area contributed by atoms with Crippen LogP contribution < -0.4 is 14.8 Å². The van der Waals surface area contributed by atoms with Crippen molar-refractivity contribution in [2.45, 2.75) is 45.1 Å². The van der Waals surface area contributed by atoms with Crippen molar-refractivity contribution in [3.8, 4) is 11.5 Å². The first-order valence-electron chi connectivity index (χ1n) is 10.9. The minimum absolute atomic E-state index is 0.0285. The number of nitrogens with zero attached hydrogens (tertiary/aromatic N) is 1. The Bertz CT molecular complexity index is 718. The predicted molar refractivity (Wildman–Crippen MR) is 113 cm³/mol. The lowest BCUT2D eigenvalue weighted by Gasteiger charge is -2.36. The molecule has 2 amide bonds. The van der Waals surface area contributed by atoms with Gasteiger partial charge in [0.2, 0.25) is 11.8 Å². The molecule has 0 aliphatic carbocycles. The van der Waals surface area contributed by atoms with Gasteiger partial charge in [-0.2, -0.15) is 0 Å². The van der Waals surface area contributed by atoms with Crippen molar-refractivity contribution >= 4 is 11.8 Å². The van der Waals surface area contributed by atoms with Gasteiger partial charge in [-0.05, 0) is 50.2 Å². The van der Waals surface area contributed by atoms with E-state index in [-0.39, 0.29) is 17.7 Å². The van der Waals surface area contributed by atoms with Crippen molar-refractivity contribution in [1.82, 2.24) is 10.2 Å². The van der Waals surface area contributed by atoms with Crippen molar-refractivity contribution in [3.63, 3.8) is 0 Å². The summed E-state index contributed by atoms with van der Waals surface area (Å²) in [6.45, 7) is 3.41. The van der Waals surface area contributed by atoms with Gasteiger partial charge in [-0.1, -0.05) is 0 Å². The molecule has 7 heteroatoms.